The molecular formula is C17H21NO5. The lowest BCUT2D eigenvalue weighted by atomic mass is 10.1. The summed E-state index contributed by atoms with van der Waals surface area (Å²) in [4.78, 5) is 22.3. The molecule has 0 aromatic heterocycles. The van der Waals surface area contributed by atoms with Crippen LogP contribution in [0.1, 0.15) is 20.7 Å². The van der Waals surface area contributed by atoms with E-state index in [-0.39, 0.29) is 12.5 Å². The molecule has 6 heteroatoms. The maximum atomic E-state index is 11.8. The molecular weight excluding hydrogens is 298 g/mol. The van der Waals surface area contributed by atoms with Gasteiger partial charge in [0.2, 0.25) is 0 Å². The van der Waals surface area contributed by atoms with Gasteiger partial charge in [0.05, 0.1) is 33.0 Å². The predicted octanol–water partition coefficient (Wildman–Crippen LogP) is 0.912. The van der Waals surface area contributed by atoms with Crippen molar-refractivity contribution in [2.24, 2.45) is 0 Å². The van der Waals surface area contributed by atoms with Crippen LogP contribution >= 0.6 is 0 Å². The van der Waals surface area contributed by atoms with Crippen molar-refractivity contribution in [1.82, 2.24) is 5.32 Å². The van der Waals surface area contributed by atoms with E-state index in [0.29, 0.717) is 50.7 Å². The molecule has 1 N–H and O–H groups in total. The van der Waals surface area contributed by atoms with Gasteiger partial charge in [-0.25, -0.2) is 0 Å². The number of carbonyl (C=O) groups excluding carboxylic acids is 2. The van der Waals surface area contributed by atoms with Gasteiger partial charge in [-0.2, -0.15) is 0 Å². The van der Waals surface area contributed by atoms with Crippen LogP contribution < -0.4 is 5.32 Å². The van der Waals surface area contributed by atoms with Crippen molar-refractivity contribution in [2.75, 3.05) is 46.2 Å². The highest BCUT2D eigenvalue weighted by molar-refractivity contribution is 5.94. The Morgan fingerprint density at radius 3 is 2.26 bits per heavy atom. The molecule has 0 radical (unpaired) electrons. The Kier molecular flexibility index (Phi) is 10.1. The summed E-state index contributed by atoms with van der Waals surface area (Å²) in [6.45, 7) is 2.92. The molecule has 1 aromatic rings. The molecule has 0 unspecified atom stereocenters. The second-order valence-electron chi connectivity index (χ2n) is 4.48. The molecule has 0 bridgehead atoms. The molecule has 0 heterocycles. The molecule has 0 spiro atoms. The lowest BCUT2D eigenvalue weighted by Gasteiger charge is -2.07. The zero-order valence-electron chi connectivity index (χ0n) is 13.0. The molecule has 0 atom stereocenters. The van der Waals surface area contributed by atoms with Crippen LogP contribution in [0.25, 0.3) is 0 Å². The first-order valence-corrected chi connectivity index (χ1v) is 7.28. The second kappa shape index (κ2) is 12.4. The zero-order valence-corrected chi connectivity index (χ0v) is 13.0. The molecule has 1 amide bonds. The Labute approximate surface area is 136 Å². The molecule has 1 rings (SSSR count). The molecule has 0 aliphatic heterocycles. The number of benzene rings is 1. The van der Waals surface area contributed by atoms with Crippen molar-refractivity contribution in [2.45, 2.75) is 0 Å². The van der Waals surface area contributed by atoms with Crippen LogP contribution in [-0.2, 0) is 14.2 Å². The summed E-state index contributed by atoms with van der Waals surface area (Å²) in [6, 6.07) is 6.41. The van der Waals surface area contributed by atoms with Crippen molar-refractivity contribution in [3.8, 4) is 12.3 Å². The van der Waals surface area contributed by atoms with Crippen LogP contribution in [0, 0.1) is 12.3 Å². The second-order valence-corrected chi connectivity index (χ2v) is 4.48. The van der Waals surface area contributed by atoms with E-state index in [2.05, 4.69) is 11.2 Å². The van der Waals surface area contributed by atoms with Gasteiger partial charge in [-0.3, -0.25) is 9.59 Å². The minimum absolute atomic E-state index is 0.201. The third-order valence-corrected chi connectivity index (χ3v) is 2.77. The van der Waals surface area contributed by atoms with Gasteiger partial charge in [0.15, 0.2) is 0 Å². The minimum Gasteiger partial charge on any atom is -0.377 e. The SMILES string of the molecule is C#CCOCCOCCOCCNC(=O)c1ccc(C=O)cc1. The summed E-state index contributed by atoms with van der Waals surface area (Å²) in [5.41, 5.74) is 1.04. The van der Waals surface area contributed by atoms with E-state index >= 15 is 0 Å². The number of aldehydes is 1. The lowest BCUT2D eigenvalue weighted by molar-refractivity contribution is 0.0209. The van der Waals surface area contributed by atoms with Gasteiger partial charge in [0.25, 0.3) is 5.91 Å². The number of hydrogen-bond donors (Lipinski definition) is 1. The maximum absolute atomic E-state index is 11.8. The van der Waals surface area contributed by atoms with Gasteiger partial charge in [-0.05, 0) is 12.1 Å². The zero-order chi connectivity index (χ0) is 16.8. The highest BCUT2D eigenvalue weighted by Gasteiger charge is 2.04. The summed E-state index contributed by atoms with van der Waals surface area (Å²) in [5, 5.41) is 2.73. The first-order chi connectivity index (χ1) is 11.3. The number of ether oxygens (including phenoxy) is 3. The Balaban J connectivity index is 1.99. The fourth-order valence-corrected chi connectivity index (χ4v) is 1.62. The van der Waals surface area contributed by atoms with Crippen LogP contribution in [-0.4, -0.2) is 58.4 Å². The van der Waals surface area contributed by atoms with Crippen molar-refractivity contribution < 1.29 is 23.8 Å². The van der Waals surface area contributed by atoms with Gasteiger partial charge in [0, 0.05) is 17.7 Å². The van der Waals surface area contributed by atoms with Gasteiger partial charge < -0.3 is 19.5 Å². The molecule has 6 nitrogen and oxygen atoms in total. The number of nitrogens with one attached hydrogen (secondary N) is 1. The van der Waals surface area contributed by atoms with Crippen LogP contribution in [0.2, 0.25) is 0 Å². The van der Waals surface area contributed by atoms with Crippen LogP contribution in [0.5, 0.6) is 0 Å². The fourth-order valence-electron chi connectivity index (χ4n) is 1.62. The molecule has 0 aliphatic rings. The van der Waals surface area contributed by atoms with Crippen LogP contribution in [0.3, 0.4) is 0 Å². The largest absolute Gasteiger partial charge is 0.377 e. The Hall–Kier alpha value is -2.20. The normalized spacial score (nSPS) is 10.0. The van der Waals surface area contributed by atoms with Gasteiger partial charge >= 0.3 is 0 Å². The van der Waals surface area contributed by atoms with Crippen molar-refractivity contribution in [3.63, 3.8) is 0 Å². The molecule has 0 saturated heterocycles. The van der Waals surface area contributed by atoms with Gasteiger partial charge in [0.1, 0.15) is 12.9 Å². The van der Waals surface area contributed by atoms with Gasteiger partial charge in [-0.15, -0.1) is 6.42 Å². The number of rotatable bonds is 12. The van der Waals surface area contributed by atoms with E-state index in [9.17, 15) is 9.59 Å². The summed E-state index contributed by atoms with van der Waals surface area (Å²) < 4.78 is 15.6. The van der Waals surface area contributed by atoms with E-state index in [0.717, 1.165) is 6.29 Å². The van der Waals surface area contributed by atoms with E-state index in [4.69, 9.17) is 20.6 Å². The minimum atomic E-state index is -0.201. The van der Waals surface area contributed by atoms with E-state index in [1.165, 1.54) is 0 Å². The molecule has 1 aromatic carbocycles. The maximum Gasteiger partial charge on any atom is 0.251 e. The van der Waals surface area contributed by atoms with Gasteiger partial charge in [-0.1, -0.05) is 18.1 Å². The Morgan fingerprint density at radius 1 is 1.04 bits per heavy atom. The average molecular weight is 319 g/mol. The number of carbonyl (C=O) groups is 2. The number of hydrogen-bond acceptors (Lipinski definition) is 5. The predicted molar refractivity (Wildman–Crippen MR) is 85.5 cm³/mol. The monoisotopic (exact) mass is 319 g/mol. The smallest absolute Gasteiger partial charge is 0.251 e. The molecule has 0 saturated carbocycles. The molecule has 124 valence electrons. The molecule has 0 fully saturated rings. The third kappa shape index (κ3) is 8.73. The Bertz CT molecular complexity index is 507. The number of amides is 1. The van der Waals surface area contributed by atoms with E-state index in [1.54, 1.807) is 24.3 Å². The third-order valence-electron chi connectivity index (χ3n) is 2.77. The standard InChI is InChI=1S/C17H21NO5/c1-2-8-21-10-12-23-13-11-22-9-7-18-17(20)16-5-3-15(14-19)4-6-16/h1,3-6,14H,7-13H2,(H,18,20). The highest BCUT2D eigenvalue weighted by atomic mass is 16.5. The fraction of sp³-hybridized carbons (Fsp3) is 0.412. The van der Waals surface area contributed by atoms with E-state index < -0.39 is 0 Å². The average Bonchev–Trinajstić information content (AvgIpc) is 2.59. The molecule has 23 heavy (non-hydrogen) atoms. The summed E-state index contributed by atoms with van der Waals surface area (Å²) in [7, 11) is 0. The number of terminal acetylenes is 1. The summed E-state index contributed by atoms with van der Waals surface area (Å²) in [5.74, 6) is 2.17. The Morgan fingerprint density at radius 2 is 1.65 bits per heavy atom. The van der Waals surface area contributed by atoms with Crippen molar-refractivity contribution in [3.05, 3.63) is 35.4 Å². The molecule has 0 aliphatic carbocycles. The first-order valence-electron chi connectivity index (χ1n) is 7.28. The topological polar surface area (TPSA) is 73.9 Å². The lowest BCUT2D eigenvalue weighted by Crippen LogP contribution is -2.27. The summed E-state index contributed by atoms with van der Waals surface area (Å²) >= 11 is 0. The van der Waals surface area contributed by atoms with Crippen LogP contribution in [0.15, 0.2) is 24.3 Å². The van der Waals surface area contributed by atoms with Crippen molar-refractivity contribution in [1.29, 1.82) is 0 Å². The van der Waals surface area contributed by atoms with Crippen LogP contribution in [0.4, 0.5) is 0 Å². The quantitative estimate of drug-likeness (QED) is 0.352. The summed E-state index contributed by atoms with van der Waals surface area (Å²) in [6.07, 6.45) is 5.76. The van der Waals surface area contributed by atoms with E-state index in [1.807, 2.05) is 0 Å². The first kappa shape index (κ1) is 18.8. The highest BCUT2D eigenvalue weighted by Crippen LogP contribution is 2.02. The van der Waals surface area contributed by atoms with Crippen molar-refractivity contribution >= 4 is 12.2 Å².